The third-order valence-corrected chi connectivity index (χ3v) is 8.20. The molecule has 0 saturated carbocycles. The number of nitrogens with one attached hydrogen (secondary N) is 1. The summed E-state index contributed by atoms with van der Waals surface area (Å²) in [6.07, 6.45) is 0.794. The van der Waals surface area contributed by atoms with E-state index >= 15 is 0 Å². The molecule has 9 heteroatoms. The molecule has 7 nitrogen and oxygen atoms in total. The van der Waals surface area contributed by atoms with Crippen molar-refractivity contribution in [3.05, 3.63) is 95.3 Å². The summed E-state index contributed by atoms with van der Waals surface area (Å²) in [6.45, 7) is 9.20. The number of halogens is 1. The van der Waals surface area contributed by atoms with E-state index in [-0.39, 0.29) is 35.4 Å². The Morgan fingerprint density at radius 2 is 1.51 bits per heavy atom. The highest BCUT2D eigenvalue weighted by atomic mass is 19.1. The van der Waals surface area contributed by atoms with Gasteiger partial charge in [0.05, 0.1) is 11.2 Å². The number of rotatable bonds is 9. The van der Waals surface area contributed by atoms with E-state index in [0.717, 1.165) is 27.9 Å². The van der Waals surface area contributed by atoms with Gasteiger partial charge in [0.15, 0.2) is 0 Å². The molecule has 41 heavy (non-hydrogen) atoms. The first-order chi connectivity index (χ1) is 19.5. The van der Waals surface area contributed by atoms with Crippen molar-refractivity contribution in [2.75, 3.05) is 0 Å². The standard InChI is InChI=1S/C32H36BFN2O5/c1-31(2)32(3,4)41-33(40-31)25-11-5-24(6-12-25)21-39-27-15-9-22(10-16-27)19-35-30(38)28-17-18-29(37)36(28)20-23-7-13-26(34)14-8-23/h5-16,28H,17-21H2,1-4H3,(H,35,38)/t28-/m0/s1. The van der Waals surface area contributed by atoms with Crippen molar-refractivity contribution in [1.82, 2.24) is 10.2 Å². The largest absolute Gasteiger partial charge is 0.494 e. The second-order valence-electron chi connectivity index (χ2n) is 11.7. The van der Waals surface area contributed by atoms with Gasteiger partial charge < -0.3 is 24.3 Å². The topological polar surface area (TPSA) is 77.1 Å². The molecule has 1 atom stereocenters. The monoisotopic (exact) mass is 558 g/mol. The molecule has 3 aromatic carbocycles. The fraction of sp³-hybridized carbons (Fsp3) is 0.375. The predicted octanol–water partition coefficient (Wildman–Crippen LogP) is 4.51. The fourth-order valence-corrected chi connectivity index (χ4v) is 4.92. The number of carbonyl (C=O) groups is 2. The van der Waals surface area contributed by atoms with Crippen LogP contribution in [-0.2, 0) is 38.6 Å². The second kappa shape index (κ2) is 11.7. The van der Waals surface area contributed by atoms with Crippen molar-refractivity contribution >= 4 is 24.4 Å². The summed E-state index contributed by atoms with van der Waals surface area (Å²) in [7, 11) is -0.393. The molecular weight excluding hydrogens is 522 g/mol. The average Bonchev–Trinajstić information content (AvgIpc) is 3.42. The van der Waals surface area contributed by atoms with Crippen LogP contribution < -0.4 is 15.5 Å². The van der Waals surface area contributed by atoms with Gasteiger partial charge in [-0.2, -0.15) is 0 Å². The number of nitrogens with zero attached hydrogens (tertiary/aromatic N) is 1. The SMILES string of the molecule is CC1(C)OB(c2ccc(COc3ccc(CNC(=O)[C@@H]4CCC(=O)N4Cc4ccc(F)cc4)cc3)cc2)OC1(C)C. The number of ether oxygens (including phenoxy) is 1. The van der Waals surface area contributed by atoms with Crippen molar-refractivity contribution in [3.63, 3.8) is 0 Å². The number of hydrogen-bond donors (Lipinski definition) is 1. The third-order valence-electron chi connectivity index (χ3n) is 8.20. The lowest BCUT2D eigenvalue weighted by Crippen LogP contribution is -2.44. The minimum atomic E-state index is -0.536. The summed E-state index contributed by atoms with van der Waals surface area (Å²) >= 11 is 0. The quantitative estimate of drug-likeness (QED) is 0.391. The van der Waals surface area contributed by atoms with E-state index in [1.165, 1.54) is 12.1 Å². The van der Waals surface area contributed by atoms with Crippen molar-refractivity contribution in [2.24, 2.45) is 0 Å². The Morgan fingerprint density at radius 3 is 2.15 bits per heavy atom. The Morgan fingerprint density at radius 1 is 0.927 bits per heavy atom. The van der Waals surface area contributed by atoms with Crippen LogP contribution in [0.15, 0.2) is 72.8 Å². The molecule has 1 N–H and O–H groups in total. The van der Waals surface area contributed by atoms with Gasteiger partial charge in [0.25, 0.3) is 0 Å². The summed E-state index contributed by atoms with van der Waals surface area (Å²) < 4.78 is 31.4. The first-order valence-electron chi connectivity index (χ1n) is 14.0. The highest BCUT2D eigenvalue weighted by Gasteiger charge is 2.51. The number of likely N-dealkylation sites (tertiary alicyclic amines) is 1. The summed E-state index contributed by atoms with van der Waals surface area (Å²) in [6, 6.07) is 21.1. The summed E-state index contributed by atoms with van der Waals surface area (Å²) in [5, 5.41) is 2.95. The van der Waals surface area contributed by atoms with E-state index in [2.05, 4.69) is 5.32 Å². The van der Waals surface area contributed by atoms with Crippen LogP contribution in [0.1, 0.15) is 57.2 Å². The highest BCUT2D eigenvalue weighted by molar-refractivity contribution is 6.62. The fourth-order valence-electron chi connectivity index (χ4n) is 4.92. The average molecular weight is 558 g/mol. The maximum absolute atomic E-state index is 13.2. The van der Waals surface area contributed by atoms with E-state index in [9.17, 15) is 14.0 Å². The van der Waals surface area contributed by atoms with E-state index in [1.54, 1.807) is 17.0 Å². The predicted molar refractivity (Wildman–Crippen MR) is 155 cm³/mol. The minimum absolute atomic E-state index is 0.0706. The minimum Gasteiger partial charge on any atom is -0.489 e. The number of amides is 2. The molecule has 0 aromatic heterocycles. The maximum Gasteiger partial charge on any atom is 0.494 e. The Kier molecular flexibility index (Phi) is 8.20. The molecule has 0 unspecified atom stereocenters. The van der Waals surface area contributed by atoms with Crippen molar-refractivity contribution in [1.29, 1.82) is 0 Å². The van der Waals surface area contributed by atoms with Gasteiger partial charge in [0.1, 0.15) is 24.2 Å². The van der Waals surface area contributed by atoms with Crippen LogP contribution >= 0.6 is 0 Å². The molecule has 3 aromatic rings. The van der Waals surface area contributed by atoms with Crippen molar-refractivity contribution < 1.29 is 28.0 Å². The van der Waals surface area contributed by atoms with Gasteiger partial charge in [-0.15, -0.1) is 0 Å². The molecule has 2 saturated heterocycles. The lowest BCUT2D eigenvalue weighted by molar-refractivity contribution is -0.135. The molecular formula is C32H36BFN2O5. The zero-order chi connectivity index (χ0) is 29.2. The van der Waals surface area contributed by atoms with Gasteiger partial charge in [-0.25, -0.2) is 4.39 Å². The van der Waals surface area contributed by atoms with Crippen LogP contribution in [0.4, 0.5) is 4.39 Å². The molecule has 5 rings (SSSR count). The first-order valence-corrected chi connectivity index (χ1v) is 14.0. The molecule has 2 aliphatic rings. The van der Waals surface area contributed by atoms with Gasteiger partial charge in [-0.05, 0) is 80.5 Å². The van der Waals surface area contributed by atoms with Crippen LogP contribution in [0.2, 0.25) is 0 Å². The van der Waals surface area contributed by atoms with E-state index in [1.807, 2.05) is 76.2 Å². The number of carbonyl (C=O) groups excluding carboxylic acids is 2. The maximum atomic E-state index is 13.2. The molecule has 2 fully saturated rings. The normalized spacial score (nSPS) is 19.4. The molecule has 2 amide bonds. The lowest BCUT2D eigenvalue weighted by atomic mass is 9.79. The zero-order valence-electron chi connectivity index (χ0n) is 24.0. The van der Waals surface area contributed by atoms with Crippen LogP contribution in [0.5, 0.6) is 5.75 Å². The van der Waals surface area contributed by atoms with Crippen molar-refractivity contribution in [3.8, 4) is 5.75 Å². The molecule has 0 bridgehead atoms. The molecule has 0 radical (unpaired) electrons. The van der Waals surface area contributed by atoms with Gasteiger partial charge in [-0.3, -0.25) is 9.59 Å². The molecule has 2 heterocycles. The van der Waals surface area contributed by atoms with E-state index in [0.29, 0.717) is 26.0 Å². The van der Waals surface area contributed by atoms with Gasteiger partial charge in [0, 0.05) is 19.5 Å². The van der Waals surface area contributed by atoms with Crippen LogP contribution in [0.3, 0.4) is 0 Å². The summed E-state index contributed by atoms with van der Waals surface area (Å²) in [4.78, 5) is 26.9. The highest BCUT2D eigenvalue weighted by Crippen LogP contribution is 2.36. The lowest BCUT2D eigenvalue weighted by Gasteiger charge is -2.32. The molecule has 214 valence electrons. The summed E-state index contributed by atoms with van der Waals surface area (Å²) in [5.41, 5.74) is 2.95. The van der Waals surface area contributed by atoms with Crippen LogP contribution in [0.25, 0.3) is 0 Å². The Labute approximate surface area is 241 Å². The van der Waals surface area contributed by atoms with Crippen LogP contribution in [-0.4, -0.2) is 41.1 Å². The van der Waals surface area contributed by atoms with Gasteiger partial charge >= 0.3 is 7.12 Å². The Balaban J connectivity index is 1.09. The second-order valence-corrected chi connectivity index (χ2v) is 11.7. The summed E-state index contributed by atoms with van der Waals surface area (Å²) in [5.74, 6) is 0.128. The Bertz CT molecular complexity index is 1360. The number of benzene rings is 3. The number of hydrogen-bond acceptors (Lipinski definition) is 5. The van der Waals surface area contributed by atoms with Crippen molar-refractivity contribution in [2.45, 2.75) is 77.5 Å². The zero-order valence-corrected chi connectivity index (χ0v) is 24.0. The third kappa shape index (κ3) is 6.63. The van der Waals surface area contributed by atoms with Crippen LogP contribution in [0, 0.1) is 5.82 Å². The molecule has 0 spiro atoms. The molecule has 2 aliphatic heterocycles. The van der Waals surface area contributed by atoms with Gasteiger partial charge in [-0.1, -0.05) is 48.5 Å². The Hall–Kier alpha value is -3.69. The smallest absolute Gasteiger partial charge is 0.489 e. The van der Waals surface area contributed by atoms with Gasteiger partial charge in [0.2, 0.25) is 11.8 Å². The molecule has 0 aliphatic carbocycles. The van der Waals surface area contributed by atoms with E-state index in [4.69, 9.17) is 14.0 Å². The van der Waals surface area contributed by atoms with E-state index < -0.39 is 13.2 Å². The first kappa shape index (κ1) is 28.8.